The third-order valence-corrected chi connectivity index (χ3v) is 9.04. The van der Waals surface area contributed by atoms with E-state index in [1.165, 1.54) is 11.8 Å². The quantitative estimate of drug-likeness (QED) is 0.253. The molecule has 0 spiro atoms. The van der Waals surface area contributed by atoms with E-state index in [2.05, 4.69) is 26.8 Å². The van der Waals surface area contributed by atoms with Gasteiger partial charge in [0.25, 0.3) is 0 Å². The number of aliphatic imine (C=N–C) groups is 1. The lowest BCUT2D eigenvalue weighted by Gasteiger charge is -2.34. The summed E-state index contributed by atoms with van der Waals surface area (Å²) in [7, 11) is -3.78. The summed E-state index contributed by atoms with van der Waals surface area (Å²) in [5.74, 6) is -0.198. The van der Waals surface area contributed by atoms with Crippen LogP contribution in [0.4, 0.5) is 4.79 Å². The Balaban J connectivity index is 2.20. The van der Waals surface area contributed by atoms with Crippen LogP contribution in [-0.4, -0.2) is 72.7 Å². The highest BCUT2D eigenvalue weighted by atomic mass is 32.2. The molecule has 1 aromatic carbocycles. The van der Waals surface area contributed by atoms with Gasteiger partial charge < -0.3 is 20.6 Å². The molecule has 1 aliphatic rings. The van der Waals surface area contributed by atoms with Crippen molar-refractivity contribution in [1.29, 1.82) is 0 Å². The number of nitrogens with zero attached hydrogens (tertiary/aromatic N) is 2. The van der Waals surface area contributed by atoms with E-state index in [0.717, 1.165) is 10.7 Å². The van der Waals surface area contributed by atoms with Gasteiger partial charge in [0.05, 0.1) is 17.1 Å². The van der Waals surface area contributed by atoms with Crippen molar-refractivity contribution < 1.29 is 18.3 Å². The molecule has 1 saturated heterocycles. The number of hydrogen-bond donors (Lipinski definition) is 4. The number of nitrogens with one attached hydrogen (secondary N) is 3. The van der Waals surface area contributed by atoms with E-state index in [1.54, 1.807) is 20.8 Å². The van der Waals surface area contributed by atoms with Crippen LogP contribution < -0.4 is 15.4 Å². The molecule has 1 unspecified atom stereocenters. The van der Waals surface area contributed by atoms with Crippen LogP contribution in [0.3, 0.4) is 0 Å². The van der Waals surface area contributed by atoms with Crippen molar-refractivity contribution in [2.45, 2.75) is 84.2 Å². The van der Waals surface area contributed by atoms with Crippen molar-refractivity contribution in [2.75, 3.05) is 19.3 Å². The summed E-state index contributed by atoms with van der Waals surface area (Å²) < 4.78 is 28.6. The molecule has 2 rings (SSSR count). The van der Waals surface area contributed by atoms with E-state index in [4.69, 9.17) is 4.99 Å². The minimum Gasteiger partial charge on any atom is -0.393 e. The third-order valence-electron chi connectivity index (χ3n) is 6.50. The normalized spacial score (nSPS) is 18.0. The van der Waals surface area contributed by atoms with Gasteiger partial charge in [0.1, 0.15) is 0 Å². The number of amidine groups is 1. The number of likely N-dealkylation sites (tertiary alicyclic amines) is 1. The Morgan fingerprint density at radius 3 is 2.37 bits per heavy atom. The van der Waals surface area contributed by atoms with Gasteiger partial charge in [-0.15, -0.1) is 0 Å². The topological polar surface area (TPSA) is 123 Å². The summed E-state index contributed by atoms with van der Waals surface area (Å²) in [5, 5.41) is 16.6. The predicted molar refractivity (Wildman–Crippen MR) is 158 cm³/mol. The van der Waals surface area contributed by atoms with Gasteiger partial charge in [0.2, 0.25) is 10.0 Å². The Morgan fingerprint density at radius 2 is 1.82 bits per heavy atom. The average Bonchev–Trinajstić information content (AvgIpc) is 2.84. The van der Waals surface area contributed by atoms with Gasteiger partial charge in [-0.3, -0.25) is 4.99 Å². The zero-order valence-corrected chi connectivity index (χ0v) is 25.2. The minimum absolute atomic E-state index is 0.0586. The Morgan fingerprint density at radius 1 is 1.21 bits per heavy atom. The summed E-state index contributed by atoms with van der Waals surface area (Å²) in [6.07, 6.45) is 3.07. The second-order valence-electron chi connectivity index (χ2n) is 11.0. The van der Waals surface area contributed by atoms with Crippen molar-refractivity contribution in [3.8, 4) is 0 Å². The van der Waals surface area contributed by atoms with Crippen molar-refractivity contribution in [2.24, 2.45) is 10.9 Å². The summed E-state index contributed by atoms with van der Waals surface area (Å²) in [6, 6.07) is 8.61. The Hall–Kier alpha value is -2.08. The van der Waals surface area contributed by atoms with E-state index in [-0.39, 0.29) is 35.4 Å². The van der Waals surface area contributed by atoms with E-state index in [0.29, 0.717) is 32.5 Å². The van der Waals surface area contributed by atoms with Gasteiger partial charge in [-0.25, -0.2) is 17.9 Å². The third kappa shape index (κ3) is 10.6. The highest BCUT2D eigenvalue weighted by Gasteiger charge is 2.31. The number of urea groups is 1. The molecule has 38 heavy (non-hydrogen) atoms. The molecule has 214 valence electrons. The molecule has 11 heteroatoms. The molecule has 0 radical (unpaired) electrons. The summed E-state index contributed by atoms with van der Waals surface area (Å²) in [6.45, 7) is 14.9. The van der Waals surface area contributed by atoms with Crippen molar-refractivity contribution in [3.05, 3.63) is 47.4 Å². The minimum atomic E-state index is -3.78. The number of thioether (sulfide) groups is 1. The standard InChI is InChI=1S/C27H45N5O4S2/c1-19(38(35,36)31-27(4,5)6)17-24(30-26(37-7)32-15-13-23(33)14-16-32)20(2)21(3)29-25(34)28-18-22-11-9-8-10-12-22/h8-12,20-21,23-24,31,33H,1,13-18H2,2-7H3,(H2,28,29,34)/t20-,21?,24-/m1/s1. The van der Waals surface area contributed by atoms with Crippen molar-refractivity contribution in [3.63, 3.8) is 0 Å². The zero-order valence-electron chi connectivity index (χ0n) is 23.5. The number of aliphatic hydroxyl groups is 1. The molecule has 1 aromatic rings. The summed E-state index contributed by atoms with van der Waals surface area (Å²) in [4.78, 5) is 19.8. The molecule has 0 aromatic heterocycles. The average molecular weight is 568 g/mol. The molecule has 1 heterocycles. The first-order valence-electron chi connectivity index (χ1n) is 13.1. The van der Waals surface area contributed by atoms with Gasteiger partial charge >= 0.3 is 6.03 Å². The van der Waals surface area contributed by atoms with Crippen molar-refractivity contribution >= 4 is 33.0 Å². The van der Waals surface area contributed by atoms with Gasteiger partial charge in [0.15, 0.2) is 5.17 Å². The monoisotopic (exact) mass is 567 g/mol. The number of rotatable bonds is 10. The van der Waals surface area contributed by atoms with Crippen molar-refractivity contribution in [1.82, 2.24) is 20.3 Å². The number of carbonyl (C=O) groups excluding carboxylic acids is 1. The molecule has 2 amide bonds. The number of amides is 2. The second-order valence-corrected chi connectivity index (χ2v) is 13.5. The Labute approximate surface area is 233 Å². The van der Waals surface area contributed by atoms with Crippen LogP contribution in [0, 0.1) is 5.92 Å². The van der Waals surface area contributed by atoms with Gasteiger partial charge in [-0.1, -0.05) is 55.6 Å². The number of piperidine rings is 1. The Kier molecular flexibility index (Phi) is 12.1. The highest BCUT2D eigenvalue weighted by molar-refractivity contribution is 8.13. The lowest BCUT2D eigenvalue weighted by molar-refractivity contribution is 0.110. The fraction of sp³-hybridized carbons (Fsp3) is 0.630. The van der Waals surface area contributed by atoms with Crippen LogP contribution >= 0.6 is 11.8 Å². The van der Waals surface area contributed by atoms with E-state index >= 15 is 0 Å². The molecule has 3 atom stereocenters. The fourth-order valence-corrected chi connectivity index (χ4v) is 6.15. The molecule has 1 fully saturated rings. The fourth-order valence-electron chi connectivity index (χ4n) is 4.13. The summed E-state index contributed by atoms with van der Waals surface area (Å²) in [5.41, 5.74) is 0.353. The maximum absolute atomic E-state index is 13.0. The largest absolute Gasteiger partial charge is 0.393 e. The first kappa shape index (κ1) is 32.1. The number of carbonyl (C=O) groups is 1. The van der Waals surface area contributed by atoms with Crippen LogP contribution in [0.2, 0.25) is 0 Å². The van der Waals surface area contributed by atoms with Crippen LogP contribution in [0.25, 0.3) is 0 Å². The maximum atomic E-state index is 13.0. The SMILES string of the molecule is C=C(C[C@@H](N=C(SC)N1CCC(O)CC1)[C@H](C)C(C)NC(=O)NCc1ccccc1)S(=O)(=O)NC(C)(C)C. The zero-order chi connectivity index (χ0) is 28.5. The van der Waals surface area contributed by atoms with Gasteiger partial charge in [-0.05, 0) is 58.3 Å². The van der Waals surface area contributed by atoms with E-state index in [9.17, 15) is 18.3 Å². The van der Waals surface area contributed by atoms with E-state index in [1.807, 2.05) is 50.4 Å². The molecular formula is C27H45N5O4S2. The number of hydrogen-bond acceptors (Lipinski definition) is 6. The molecule has 9 nitrogen and oxygen atoms in total. The first-order valence-corrected chi connectivity index (χ1v) is 15.8. The maximum Gasteiger partial charge on any atom is 0.315 e. The first-order chi connectivity index (χ1) is 17.7. The smallest absolute Gasteiger partial charge is 0.315 e. The van der Waals surface area contributed by atoms with Crippen LogP contribution in [-0.2, 0) is 16.6 Å². The van der Waals surface area contributed by atoms with Crippen LogP contribution in [0.1, 0.15) is 59.4 Å². The lowest BCUT2D eigenvalue weighted by atomic mass is 9.92. The Bertz CT molecular complexity index is 1050. The summed E-state index contributed by atoms with van der Waals surface area (Å²) >= 11 is 1.50. The molecule has 0 aliphatic carbocycles. The predicted octanol–water partition coefficient (Wildman–Crippen LogP) is 3.68. The van der Waals surface area contributed by atoms with Crippen LogP contribution in [0.15, 0.2) is 46.8 Å². The van der Waals surface area contributed by atoms with Crippen LogP contribution in [0.5, 0.6) is 0 Å². The number of aliphatic hydroxyl groups excluding tert-OH is 1. The number of sulfonamides is 1. The molecule has 0 saturated carbocycles. The molecular weight excluding hydrogens is 522 g/mol. The molecule has 1 aliphatic heterocycles. The molecule has 0 bridgehead atoms. The highest BCUT2D eigenvalue weighted by Crippen LogP contribution is 2.25. The van der Waals surface area contributed by atoms with Gasteiger partial charge in [-0.2, -0.15) is 0 Å². The lowest BCUT2D eigenvalue weighted by Crippen LogP contribution is -2.47. The molecule has 4 N–H and O–H groups in total. The van der Waals surface area contributed by atoms with Gasteiger partial charge in [0, 0.05) is 37.6 Å². The van der Waals surface area contributed by atoms with E-state index < -0.39 is 21.6 Å². The second kappa shape index (κ2) is 14.3. The number of benzene rings is 1.